The van der Waals surface area contributed by atoms with Crippen LogP contribution in [-0.4, -0.2) is 17.0 Å². The number of benzene rings is 1. The number of nitrogens with one attached hydrogen (secondary N) is 1. The summed E-state index contributed by atoms with van der Waals surface area (Å²) < 4.78 is 0.798. The van der Waals surface area contributed by atoms with Gasteiger partial charge in [0.25, 0.3) is 0 Å². The first kappa shape index (κ1) is 15.5. The fourth-order valence-electron chi connectivity index (χ4n) is 3.72. The molecule has 4 rings (SSSR count). The van der Waals surface area contributed by atoms with E-state index < -0.39 is 0 Å². The zero-order chi connectivity index (χ0) is 16.8. The molecule has 1 N–H and O–H groups in total. The molecule has 2 aromatic rings. The number of hydrogen-bond acceptors (Lipinski definition) is 2. The minimum absolute atomic E-state index is 0.0528. The van der Waals surface area contributed by atoms with Crippen LogP contribution in [-0.2, 0) is 6.42 Å². The third-order valence-electron chi connectivity index (χ3n) is 4.78. The SMILES string of the molecule is O=C(Nc1ccc(Cl)c(Cl)c1)N1[C@H]2CC[C@@H]1c1c[n+]([O-])ccc1C2. The Morgan fingerprint density at radius 1 is 1.25 bits per heavy atom. The van der Waals surface area contributed by atoms with Crippen LogP contribution in [0.4, 0.5) is 10.5 Å². The summed E-state index contributed by atoms with van der Waals surface area (Å²) in [7, 11) is 0. The van der Waals surface area contributed by atoms with Crippen LogP contribution in [0.2, 0.25) is 10.0 Å². The topological polar surface area (TPSA) is 59.3 Å². The average Bonchev–Trinajstić information content (AvgIpc) is 2.88. The van der Waals surface area contributed by atoms with Crippen molar-refractivity contribution in [1.29, 1.82) is 0 Å². The molecule has 2 atom stereocenters. The van der Waals surface area contributed by atoms with Gasteiger partial charge in [0.15, 0.2) is 12.4 Å². The number of halogens is 2. The van der Waals surface area contributed by atoms with Gasteiger partial charge in [0.05, 0.1) is 16.1 Å². The smallest absolute Gasteiger partial charge is 0.322 e. The molecule has 7 heteroatoms. The van der Waals surface area contributed by atoms with Gasteiger partial charge in [-0.3, -0.25) is 0 Å². The van der Waals surface area contributed by atoms with Gasteiger partial charge in [0.1, 0.15) is 0 Å². The van der Waals surface area contributed by atoms with Crippen molar-refractivity contribution in [3.8, 4) is 0 Å². The lowest BCUT2D eigenvalue weighted by Crippen LogP contribution is -2.45. The van der Waals surface area contributed by atoms with Crippen molar-refractivity contribution in [2.75, 3.05) is 5.32 Å². The molecule has 3 heterocycles. The van der Waals surface area contributed by atoms with Gasteiger partial charge in [-0.25, -0.2) is 4.79 Å². The van der Waals surface area contributed by atoms with E-state index in [1.54, 1.807) is 24.4 Å². The van der Waals surface area contributed by atoms with E-state index in [4.69, 9.17) is 23.2 Å². The van der Waals surface area contributed by atoms with Crippen LogP contribution in [0.1, 0.15) is 30.0 Å². The summed E-state index contributed by atoms with van der Waals surface area (Å²) in [5.74, 6) is 0. The molecule has 1 fully saturated rings. The highest BCUT2D eigenvalue weighted by Gasteiger charge is 2.43. The summed E-state index contributed by atoms with van der Waals surface area (Å²) in [6, 6.07) is 6.80. The van der Waals surface area contributed by atoms with Crippen molar-refractivity contribution in [2.24, 2.45) is 0 Å². The molecular formula is C17H15Cl2N3O2. The van der Waals surface area contributed by atoms with E-state index in [0.29, 0.717) is 15.7 Å². The van der Waals surface area contributed by atoms with Crippen LogP contribution in [0.15, 0.2) is 36.7 Å². The standard InChI is InChI=1S/C17H15Cl2N3O2/c18-14-3-1-11(8-15(14)19)20-17(23)22-12-2-4-16(22)13-9-21(24)6-5-10(13)7-12/h1,3,5-6,8-9,12,16H,2,4,7H2,(H,20,23)/t12-,16+/m0/s1. The van der Waals surface area contributed by atoms with Crippen LogP contribution in [0, 0.1) is 5.21 Å². The lowest BCUT2D eigenvalue weighted by molar-refractivity contribution is -0.606. The number of carbonyl (C=O) groups excluding carboxylic acids is 1. The van der Waals surface area contributed by atoms with Gasteiger partial charge in [0.2, 0.25) is 0 Å². The minimum Gasteiger partial charge on any atom is -0.619 e. The highest BCUT2D eigenvalue weighted by atomic mass is 35.5. The van der Waals surface area contributed by atoms with Gasteiger partial charge in [-0.1, -0.05) is 23.2 Å². The van der Waals surface area contributed by atoms with Crippen molar-refractivity contribution in [1.82, 2.24) is 4.90 Å². The highest BCUT2D eigenvalue weighted by Crippen LogP contribution is 2.43. The summed E-state index contributed by atoms with van der Waals surface area (Å²) >= 11 is 11.9. The van der Waals surface area contributed by atoms with E-state index in [1.165, 1.54) is 6.20 Å². The second-order valence-corrected chi connectivity index (χ2v) is 7.02. The average molecular weight is 364 g/mol. The molecule has 124 valence electrons. The molecule has 2 aliphatic heterocycles. The van der Waals surface area contributed by atoms with E-state index in [2.05, 4.69) is 5.32 Å². The molecule has 0 unspecified atom stereocenters. The largest absolute Gasteiger partial charge is 0.619 e. The molecule has 2 aliphatic rings. The van der Waals surface area contributed by atoms with E-state index in [0.717, 1.165) is 35.1 Å². The van der Waals surface area contributed by atoms with E-state index >= 15 is 0 Å². The number of hydrogen-bond donors (Lipinski definition) is 1. The Hall–Kier alpha value is -1.98. The number of amides is 2. The van der Waals surface area contributed by atoms with Gasteiger partial charge in [-0.05, 0) is 43.0 Å². The van der Waals surface area contributed by atoms with Gasteiger partial charge in [0, 0.05) is 23.4 Å². The maximum atomic E-state index is 12.8. The Morgan fingerprint density at radius 3 is 2.88 bits per heavy atom. The fourth-order valence-corrected chi connectivity index (χ4v) is 4.02. The Morgan fingerprint density at radius 2 is 2.08 bits per heavy atom. The molecule has 1 aromatic carbocycles. The molecular weight excluding hydrogens is 349 g/mol. The fraction of sp³-hybridized carbons (Fsp3) is 0.294. The maximum absolute atomic E-state index is 12.8. The van der Waals surface area contributed by atoms with Crippen molar-refractivity contribution in [2.45, 2.75) is 31.3 Å². The molecule has 24 heavy (non-hydrogen) atoms. The molecule has 0 aliphatic carbocycles. The zero-order valence-electron chi connectivity index (χ0n) is 12.7. The zero-order valence-corrected chi connectivity index (χ0v) is 14.2. The summed E-state index contributed by atoms with van der Waals surface area (Å²) in [6.07, 6.45) is 5.69. The number of nitrogens with zero attached hydrogens (tertiary/aromatic N) is 2. The lowest BCUT2D eigenvalue weighted by Gasteiger charge is -2.35. The summed E-state index contributed by atoms with van der Waals surface area (Å²) in [6.45, 7) is 0. The van der Waals surface area contributed by atoms with Gasteiger partial charge >= 0.3 is 6.03 Å². The Kier molecular flexibility index (Phi) is 3.77. The number of pyridine rings is 1. The molecule has 2 bridgehead atoms. The van der Waals surface area contributed by atoms with Crippen LogP contribution in [0.25, 0.3) is 0 Å². The number of carbonyl (C=O) groups is 1. The molecule has 5 nitrogen and oxygen atoms in total. The van der Waals surface area contributed by atoms with E-state index in [9.17, 15) is 10.0 Å². The Bertz CT molecular complexity index is 827. The van der Waals surface area contributed by atoms with E-state index in [1.807, 2.05) is 11.0 Å². The quantitative estimate of drug-likeness (QED) is 0.616. The van der Waals surface area contributed by atoms with Crippen molar-refractivity contribution in [3.63, 3.8) is 0 Å². The summed E-state index contributed by atoms with van der Waals surface area (Å²) in [4.78, 5) is 14.6. The number of anilines is 1. The van der Waals surface area contributed by atoms with E-state index in [-0.39, 0.29) is 18.1 Å². The maximum Gasteiger partial charge on any atom is 0.322 e. The number of fused-ring (bicyclic) bond motifs is 4. The molecule has 2 amide bonds. The van der Waals surface area contributed by atoms with Crippen molar-refractivity contribution >= 4 is 34.9 Å². The van der Waals surface area contributed by atoms with Gasteiger partial charge < -0.3 is 15.4 Å². The molecule has 1 aromatic heterocycles. The highest BCUT2D eigenvalue weighted by molar-refractivity contribution is 6.42. The Balaban J connectivity index is 1.60. The second-order valence-electron chi connectivity index (χ2n) is 6.20. The van der Waals surface area contributed by atoms with Crippen molar-refractivity contribution < 1.29 is 9.52 Å². The van der Waals surface area contributed by atoms with Crippen LogP contribution in [0.5, 0.6) is 0 Å². The first-order chi connectivity index (χ1) is 11.5. The number of aromatic nitrogens is 1. The van der Waals surface area contributed by atoms with Gasteiger partial charge in [-0.2, -0.15) is 4.73 Å². The first-order valence-electron chi connectivity index (χ1n) is 7.79. The summed E-state index contributed by atoms with van der Waals surface area (Å²) in [5, 5.41) is 15.4. The van der Waals surface area contributed by atoms with Crippen LogP contribution in [0.3, 0.4) is 0 Å². The monoisotopic (exact) mass is 363 g/mol. The third kappa shape index (κ3) is 2.58. The first-order valence-corrected chi connectivity index (χ1v) is 8.54. The molecule has 0 radical (unpaired) electrons. The lowest BCUT2D eigenvalue weighted by atomic mass is 9.95. The predicted octanol–water partition coefficient (Wildman–Crippen LogP) is 3.92. The van der Waals surface area contributed by atoms with Gasteiger partial charge in [-0.15, -0.1) is 0 Å². The molecule has 0 spiro atoms. The number of urea groups is 1. The second kappa shape index (κ2) is 5.83. The van der Waals surface area contributed by atoms with Crippen molar-refractivity contribution in [3.05, 3.63) is 63.0 Å². The third-order valence-corrected chi connectivity index (χ3v) is 5.52. The Labute approximate surface area is 149 Å². The van der Waals surface area contributed by atoms with Crippen LogP contribution >= 0.6 is 23.2 Å². The minimum atomic E-state index is -0.173. The van der Waals surface area contributed by atoms with Crippen LogP contribution < -0.4 is 10.0 Å². The number of rotatable bonds is 1. The molecule has 0 saturated carbocycles. The normalized spacial score (nSPS) is 21.5. The molecule has 1 saturated heterocycles. The predicted molar refractivity (Wildman–Crippen MR) is 92.2 cm³/mol. The summed E-state index contributed by atoms with van der Waals surface area (Å²) in [5.41, 5.74) is 2.71.